The number of rotatable bonds is 13. The van der Waals surface area contributed by atoms with E-state index < -0.39 is 68.2 Å². The van der Waals surface area contributed by atoms with E-state index in [2.05, 4.69) is 25.0 Å². The minimum Gasteiger partial charge on any atom is -0.461 e. The molecule has 2 N–H and O–H groups in total. The largest absolute Gasteiger partial charge is 0.461 e. The van der Waals surface area contributed by atoms with Crippen molar-refractivity contribution in [2.45, 2.75) is 61.5 Å². The molecule has 0 saturated carbocycles. The van der Waals surface area contributed by atoms with Gasteiger partial charge in [-0.1, -0.05) is 24.3 Å². The fourth-order valence-corrected chi connectivity index (χ4v) is 8.71. The van der Waals surface area contributed by atoms with Crippen molar-refractivity contribution in [3.63, 3.8) is 0 Å². The average Bonchev–Trinajstić information content (AvgIpc) is 3.31. The molecule has 6 aromatic rings. The number of nitrogens with one attached hydrogen (secondary N) is 2. The number of sulfonamides is 1. The Bertz CT molecular complexity index is 2920. The number of esters is 1. The van der Waals surface area contributed by atoms with Gasteiger partial charge in [-0.15, -0.1) is 0 Å². The SMILES string of the molecule is Cn1c(=O)n(-c2ccc(CC[C@H](NC(=O)c3cc(F)c(NS(=O)(=O)c4ccc(-c5cnc(C6CCOCC6)nc5)cc4)cc3F)C(=O)OC3CCOCC3)cc2)c(=O)c2ccncc21. The summed E-state index contributed by atoms with van der Waals surface area (Å²) in [7, 11) is -2.89. The number of amides is 1. The van der Waals surface area contributed by atoms with Gasteiger partial charge in [0.15, 0.2) is 0 Å². The average molecular weight is 896 g/mol. The van der Waals surface area contributed by atoms with Crippen molar-refractivity contribution < 1.29 is 41.0 Å². The second kappa shape index (κ2) is 19.0. The van der Waals surface area contributed by atoms with Gasteiger partial charge in [0, 0.05) is 69.2 Å². The van der Waals surface area contributed by atoms with Crippen molar-refractivity contribution >= 4 is 38.5 Å². The van der Waals surface area contributed by atoms with Gasteiger partial charge in [0.05, 0.1) is 52.1 Å². The van der Waals surface area contributed by atoms with Crippen LogP contribution in [0.1, 0.15) is 59.8 Å². The summed E-state index contributed by atoms with van der Waals surface area (Å²) in [6.07, 6.45) is 8.40. The minimum absolute atomic E-state index is 0.0345. The Morgan fingerprint density at radius 3 is 2.22 bits per heavy atom. The molecule has 3 aromatic carbocycles. The summed E-state index contributed by atoms with van der Waals surface area (Å²) in [6.45, 7) is 2.04. The van der Waals surface area contributed by atoms with E-state index in [-0.39, 0.29) is 23.7 Å². The van der Waals surface area contributed by atoms with E-state index in [0.29, 0.717) is 90.5 Å². The number of hydrogen-bond donors (Lipinski definition) is 2. The molecule has 2 aliphatic heterocycles. The third-order valence-electron chi connectivity index (χ3n) is 11.3. The van der Waals surface area contributed by atoms with Crippen molar-refractivity contribution in [2.75, 3.05) is 31.1 Å². The number of aryl methyl sites for hydroxylation is 2. The van der Waals surface area contributed by atoms with Crippen molar-refractivity contribution in [2.24, 2.45) is 7.05 Å². The number of anilines is 1. The summed E-state index contributed by atoms with van der Waals surface area (Å²) < 4.78 is 78.6. The number of nitrogens with zero attached hydrogens (tertiary/aromatic N) is 5. The Kier molecular flexibility index (Phi) is 13.0. The highest BCUT2D eigenvalue weighted by molar-refractivity contribution is 7.92. The molecule has 2 saturated heterocycles. The molecule has 2 aliphatic rings. The Labute approximate surface area is 365 Å². The Balaban J connectivity index is 0.951. The van der Waals surface area contributed by atoms with E-state index in [4.69, 9.17) is 14.2 Å². The first-order valence-corrected chi connectivity index (χ1v) is 22.1. The lowest BCUT2D eigenvalue weighted by atomic mass is 9.99. The Morgan fingerprint density at radius 2 is 1.53 bits per heavy atom. The number of fused-ring (bicyclic) bond motifs is 1. The third kappa shape index (κ3) is 9.60. The van der Waals surface area contributed by atoms with Gasteiger partial charge in [0.25, 0.3) is 21.5 Å². The molecule has 8 rings (SSSR count). The molecule has 5 heterocycles. The summed E-state index contributed by atoms with van der Waals surface area (Å²) in [5.74, 6) is -3.52. The molecule has 332 valence electrons. The first-order valence-electron chi connectivity index (χ1n) is 20.6. The summed E-state index contributed by atoms with van der Waals surface area (Å²) in [4.78, 5) is 66.2. The molecule has 2 fully saturated rings. The first-order chi connectivity index (χ1) is 30.9. The monoisotopic (exact) mass is 895 g/mol. The maximum Gasteiger partial charge on any atom is 0.335 e. The number of pyridine rings is 1. The highest BCUT2D eigenvalue weighted by atomic mass is 32.2. The lowest BCUT2D eigenvalue weighted by Crippen LogP contribution is -2.44. The summed E-state index contributed by atoms with van der Waals surface area (Å²) in [5, 5.41) is 2.77. The fraction of sp³-hybridized carbons (Fsp3) is 0.311. The van der Waals surface area contributed by atoms with Gasteiger partial charge in [0.2, 0.25) is 0 Å². The molecule has 0 unspecified atom stereocenters. The number of carbonyl (C=O) groups is 2. The molecule has 3 aromatic heterocycles. The second-order valence-electron chi connectivity index (χ2n) is 15.5. The molecule has 0 aliphatic carbocycles. The molecule has 0 bridgehead atoms. The topological polar surface area (TPSA) is 203 Å². The van der Waals surface area contributed by atoms with Crippen LogP contribution in [0.2, 0.25) is 0 Å². The van der Waals surface area contributed by atoms with Crippen LogP contribution in [0.15, 0.2) is 106 Å². The number of halogens is 2. The van der Waals surface area contributed by atoms with Crippen molar-refractivity contribution in [3.05, 3.63) is 141 Å². The van der Waals surface area contributed by atoms with Crippen molar-refractivity contribution in [1.82, 2.24) is 29.4 Å². The lowest BCUT2D eigenvalue weighted by Gasteiger charge is -2.25. The minimum atomic E-state index is -4.42. The highest BCUT2D eigenvalue weighted by Gasteiger charge is 2.29. The predicted octanol–water partition coefficient (Wildman–Crippen LogP) is 4.97. The third-order valence-corrected chi connectivity index (χ3v) is 12.7. The Morgan fingerprint density at radius 1 is 0.859 bits per heavy atom. The molecular formula is C45H43F2N7O9S. The number of aromatic nitrogens is 5. The quantitative estimate of drug-likeness (QED) is 0.148. The number of hydrogen-bond acceptors (Lipinski definition) is 12. The molecule has 0 spiro atoms. The first kappa shape index (κ1) is 43.9. The summed E-state index contributed by atoms with van der Waals surface area (Å²) in [5.41, 5.74) is 0.0289. The molecule has 0 radical (unpaired) electrons. The van der Waals surface area contributed by atoms with Gasteiger partial charge < -0.3 is 19.5 Å². The number of carbonyl (C=O) groups excluding carboxylic acids is 2. The van der Waals surface area contributed by atoms with E-state index in [1.165, 1.54) is 42.2 Å². The number of ether oxygens (including phenoxy) is 3. The predicted molar refractivity (Wildman–Crippen MR) is 230 cm³/mol. The molecular weight excluding hydrogens is 853 g/mol. The molecule has 64 heavy (non-hydrogen) atoms. The van der Waals surface area contributed by atoms with Crippen molar-refractivity contribution in [3.8, 4) is 16.8 Å². The maximum atomic E-state index is 15.6. The number of benzene rings is 3. The molecule has 16 nitrogen and oxygen atoms in total. The van der Waals surface area contributed by atoms with Crippen LogP contribution in [0.4, 0.5) is 14.5 Å². The van der Waals surface area contributed by atoms with E-state index in [1.54, 1.807) is 48.8 Å². The van der Waals surface area contributed by atoms with Gasteiger partial charge in [-0.25, -0.2) is 41.3 Å². The van der Waals surface area contributed by atoms with E-state index in [1.807, 2.05) is 0 Å². The van der Waals surface area contributed by atoms with Gasteiger partial charge >= 0.3 is 11.7 Å². The second-order valence-corrected chi connectivity index (χ2v) is 17.2. The van der Waals surface area contributed by atoms with Gasteiger partial charge in [-0.3, -0.25) is 23.9 Å². The maximum absolute atomic E-state index is 15.6. The standard InChI is InChI=1S/C45H43F2N7O9S/c1-53-40-26-48-17-12-34(40)43(56)54(45(53)58)31-7-2-27(3-8-31)4-11-38(44(57)63-32-15-20-62-21-16-32)51-42(55)35-22-37(47)39(23-36(35)46)52-64(59,60)33-9-5-28(6-10-33)30-24-49-41(50-25-30)29-13-18-61-19-14-29/h2-3,5-10,12,17,22-26,29,32,38,52H,4,11,13-16,18-21H2,1H3,(H,51,55)/t38-/m0/s1. The van der Waals surface area contributed by atoms with Gasteiger partial charge in [0.1, 0.15) is 29.6 Å². The van der Waals surface area contributed by atoms with Gasteiger partial charge in [-0.2, -0.15) is 0 Å². The van der Waals surface area contributed by atoms with Crippen LogP contribution in [0.5, 0.6) is 0 Å². The van der Waals surface area contributed by atoms with Crippen LogP contribution in [0, 0.1) is 11.6 Å². The van der Waals surface area contributed by atoms with E-state index in [0.717, 1.165) is 17.4 Å². The lowest BCUT2D eigenvalue weighted by molar-refractivity contribution is -0.155. The molecule has 1 atom stereocenters. The zero-order chi connectivity index (χ0) is 45.0. The summed E-state index contributed by atoms with van der Waals surface area (Å²) in [6, 6.07) is 13.5. The zero-order valence-electron chi connectivity index (χ0n) is 34.5. The smallest absolute Gasteiger partial charge is 0.335 e. The van der Waals surface area contributed by atoms with Crippen LogP contribution in [0.25, 0.3) is 27.7 Å². The van der Waals surface area contributed by atoms with Crippen LogP contribution in [0.3, 0.4) is 0 Å². The van der Waals surface area contributed by atoms with E-state index in [9.17, 15) is 27.6 Å². The van der Waals surface area contributed by atoms with Crippen LogP contribution < -0.4 is 21.3 Å². The van der Waals surface area contributed by atoms with Gasteiger partial charge in [-0.05, 0) is 73.2 Å². The molecule has 19 heteroatoms. The normalized spacial score (nSPS) is 15.4. The summed E-state index contributed by atoms with van der Waals surface area (Å²) >= 11 is 0. The molecule has 1 amide bonds. The fourth-order valence-electron chi connectivity index (χ4n) is 7.65. The van der Waals surface area contributed by atoms with Crippen LogP contribution >= 0.6 is 0 Å². The zero-order valence-corrected chi connectivity index (χ0v) is 35.4. The van der Waals surface area contributed by atoms with Crippen molar-refractivity contribution in [1.29, 1.82) is 0 Å². The van der Waals surface area contributed by atoms with Crippen LogP contribution in [-0.4, -0.2) is 83.0 Å². The van der Waals surface area contributed by atoms with Crippen LogP contribution in [-0.2, 0) is 42.5 Å². The highest BCUT2D eigenvalue weighted by Crippen LogP contribution is 2.28. The van der Waals surface area contributed by atoms with E-state index >= 15 is 8.78 Å². The Hall–Kier alpha value is -6.70.